The molecule has 3 aromatic rings. The minimum Gasteiger partial charge on any atom is -0.483 e. The molecule has 2 amide bonds. The van der Waals surface area contributed by atoms with Crippen molar-refractivity contribution in [1.82, 2.24) is 10.2 Å². The summed E-state index contributed by atoms with van der Waals surface area (Å²) in [5, 5.41) is 3.26. The van der Waals surface area contributed by atoms with E-state index in [0.717, 1.165) is 47.9 Å². The van der Waals surface area contributed by atoms with Crippen LogP contribution in [0.4, 0.5) is 0 Å². The van der Waals surface area contributed by atoms with E-state index in [9.17, 15) is 9.59 Å². The molecule has 0 saturated heterocycles. The molecule has 0 aliphatic heterocycles. The highest BCUT2D eigenvalue weighted by molar-refractivity contribution is 5.88. The van der Waals surface area contributed by atoms with Crippen molar-refractivity contribution in [3.8, 4) is 5.75 Å². The van der Waals surface area contributed by atoms with Gasteiger partial charge >= 0.3 is 0 Å². The molecule has 3 aromatic carbocycles. The fraction of sp³-hybridized carbons (Fsp3) is 0.412. The Morgan fingerprint density at radius 1 is 0.897 bits per heavy atom. The van der Waals surface area contributed by atoms with Crippen LogP contribution < -0.4 is 10.1 Å². The monoisotopic (exact) mass is 526 g/mol. The number of ether oxygens (including phenoxy) is 1. The summed E-state index contributed by atoms with van der Waals surface area (Å²) in [6.45, 7) is 8.62. The number of rotatable bonds is 10. The molecule has 39 heavy (non-hydrogen) atoms. The number of nitrogens with zero attached hydrogens (tertiary/aromatic N) is 1. The lowest BCUT2D eigenvalue weighted by atomic mass is 9.86. The summed E-state index contributed by atoms with van der Waals surface area (Å²) >= 11 is 0. The number of carbonyl (C=O) groups is 2. The van der Waals surface area contributed by atoms with E-state index >= 15 is 0 Å². The zero-order chi connectivity index (χ0) is 27.8. The van der Waals surface area contributed by atoms with Crippen LogP contribution in [-0.2, 0) is 28.0 Å². The van der Waals surface area contributed by atoms with Crippen molar-refractivity contribution >= 4 is 11.8 Å². The van der Waals surface area contributed by atoms with Gasteiger partial charge in [0.1, 0.15) is 11.8 Å². The van der Waals surface area contributed by atoms with E-state index in [0.29, 0.717) is 18.7 Å². The number of nitrogens with one attached hydrogen (secondary N) is 1. The van der Waals surface area contributed by atoms with Crippen molar-refractivity contribution in [3.63, 3.8) is 0 Å². The Labute approximate surface area is 233 Å². The van der Waals surface area contributed by atoms with Gasteiger partial charge in [-0.05, 0) is 47.9 Å². The molecule has 0 aromatic heterocycles. The average molecular weight is 527 g/mol. The number of aryl methyl sites for hydroxylation is 1. The first kappa shape index (κ1) is 28.4. The summed E-state index contributed by atoms with van der Waals surface area (Å²) in [6.07, 6.45) is 4.67. The van der Waals surface area contributed by atoms with Crippen LogP contribution in [0.15, 0.2) is 78.9 Å². The minimum atomic E-state index is -0.650. The van der Waals surface area contributed by atoms with Crippen LogP contribution in [0.25, 0.3) is 0 Å². The van der Waals surface area contributed by atoms with E-state index in [1.807, 2.05) is 85.8 Å². The topological polar surface area (TPSA) is 58.6 Å². The van der Waals surface area contributed by atoms with Crippen molar-refractivity contribution in [1.29, 1.82) is 0 Å². The Balaban J connectivity index is 1.63. The van der Waals surface area contributed by atoms with E-state index in [4.69, 9.17) is 4.74 Å². The van der Waals surface area contributed by atoms with Crippen LogP contribution in [0, 0.1) is 6.92 Å². The lowest BCUT2D eigenvalue weighted by molar-refractivity contribution is -0.143. The van der Waals surface area contributed by atoms with Crippen LogP contribution in [0.1, 0.15) is 68.7 Å². The smallest absolute Gasteiger partial charge is 0.261 e. The molecule has 0 heterocycles. The van der Waals surface area contributed by atoms with E-state index in [-0.39, 0.29) is 29.9 Å². The van der Waals surface area contributed by atoms with Crippen molar-refractivity contribution in [2.75, 3.05) is 6.61 Å². The predicted molar refractivity (Wildman–Crippen MR) is 157 cm³/mol. The molecular weight excluding hydrogens is 484 g/mol. The molecule has 1 aliphatic carbocycles. The standard InChI is InChI=1S/C34H42N2O3/c1-25-18-20-27(21-19-25)23-36(32(37)24-39-31-17-11-10-16-29(31)34(2,3)4)30(22-26-12-6-5-7-13-26)33(38)35-28-14-8-9-15-28/h5-7,10-13,16-21,28,30H,8-9,14-15,22-24H2,1-4H3,(H,35,38). The molecule has 0 radical (unpaired) electrons. The van der Waals surface area contributed by atoms with Gasteiger partial charge in [0.2, 0.25) is 5.91 Å². The third kappa shape index (κ3) is 7.95. The summed E-state index contributed by atoms with van der Waals surface area (Å²) in [5.41, 5.74) is 4.07. The van der Waals surface area contributed by atoms with Gasteiger partial charge in [0.25, 0.3) is 5.91 Å². The fourth-order valence-electron chi connectivity index (χ4n) is 5.25. The van der Waals surface area contributed by atoms with Crippen molar-refractivity contribution in [2.24, 2.45) is 0 Å². The average Bonchev–Trinajstić information content (AvgIpc) is 3.43. The van der Waals surface area contributed by atoms with E-state index in [2.05, 4.69) is 26.1 Å². The first-order valence-corrected chi connectivity index (χ1v) is 14.1. The zero-order valence-electron chi connectivity index (χ0n) is 23.8. The summed E-state index contributed by atoms with van der Waals surface area (Å²) in [4.78, 5) is 29.5. The summed E-state index contributed by atoms with van der Waals surface area (Å²) in [6, 6.07) is 25.5. The molecule has 0 bridgehead atoms. The zero-order valence-corrected chi connectivity index (χ0v) is 23.8. The lowest BCUT2D eigenvalue weighted by Gasteiger charge is -2.32. The maximum absolute atomic E-state index is 13.9. The second-order valence-electron chi connectivity index (χ2n) is 11.7. The molecule has 4 rings (SSSR count). The van der Waals surface area contributed by atoms with Gasteiger partial charge in [-0.2, -0.15) is 0 Å². The molecule has 1 unspecified atom stereocenters. The number of amides is 2. The van der Waals surface area contributed by atoms with Gasteiger partial charge in [0.05, 0.1) is 0 Å². The van der Waals surface area contributed by atoms with Gasteiger partial charge in [-0.25, -0.2) is 0 Å². The highest BCUT2D eigenvalue weighted by atomic mass is 16.5. The normalized spacial score (nSPS) is 14.6. The maximum Gasteiger partial charge on any atom is 0.261 e. The highest BCUT2D eigenvalue weighted by Gasteiger charge is 2.32. The summed E-state index contributed by atoms with van der Waals surface area (Å²) < 4.78 is 6.15. The summed E-state index contributed by atoms with van der Waals surface area (Å²) in [7, 11) is 0. The van der Waals surface area contributed by atoms with E-state index in [1.54, 1.807) is 4.90 Å². The number of benzene rings is 3. The van der Waals surface area contributed by atoms with Crippen LogP contribution in [0.3, 0.4) is 0 Å². The molecule has 1 fully saturated rings. The minimum absolute atomic E-state index is 0.0960. The number of hydrogen-bond donors (Lipinski definition) is 1. The molecule has 1 aliphatic rings. The van der Waals surface area contributed by atoms with E-state index < -0.39 is 6.04 Å². The Kier molecular flexibility index (Phi) is 9.45. The molecule has 1 N–H and O–H groups in total. The van der Waals surface area contributed by atoms with Gasteiger partial charge in [0.15, 0.2) is 6.61 Å². The first-order chi connectivity index (χ1) is 18.7. The number of carbonyl (C=O) groups excluding carboxylic acids is 2. The van der Waals surface area contributed by atoms with Crippen LogP contribution in [0.5, 0.6) is 5.75 Å². The first-order valence-electron chi connectivity index (χ1n) is 14.1. The second kappa shape index (κ2) is 13.0. The molecular formula is C34H42N2O3. The second-order valence-corrected chi connectivity index (χ2v) is 11.7. The van der Waals surface area contributed by atoms with Gasteiger partial charge < -0.3 is 15.0 Å². The predicted octanol–water partition coefficient (Wildman–Crippen LogP) is 6.37. The molecule has 206 valence electrons. The Bertz CT molecular complexity index is 1230. The van der Waals surface area contributed by atoms with Crippen molar-refractivity contribution in [3.05, 3.63) is 101 Å². The maximum atomic E-state index is 13.9. The Morgan fingerprint density at radius 2 is 1.54 bits per heavy atom. The van der Waals surface area contributed by atoms with Crippen LogP contribution in [0.2, 0.25) is 0 Å². The molecule has 0 spiro atoms. The van der Waals surface area contributed by atoms with Crippen LogP contribution in [-0.4, -0.2) is 35.4 Å². The van der Waals surface area contributed by atoms with Crippen LogP contribution >= 0.6 is 0 Å². The van der Waals surface area contributed by atoms with Gasteiger partial charge in [-0.1, -0.05) is 112 Å². The van der Waals surface area contributed by atoms with Gasteiger partial charge in [-0.15, -0.1) is 0 Å². The SMILES string of the molecule is Cc1ccc(CN(C(=O)COc2ccccc2C(C)(C)C)C(Cc2ccccc2)C(=O)NC2CCCC2)cc1. The quantitative estimate of drug-likeness (QED) is 0.334. The third-order valence-corrected chi connectivity index (χ3v) is 7.49. The molecule has 5 nitrogen and oxygen atoms in total. The number of hydrogen-bond acceptors (Lipinski definition) is 3. The third-order valence-electron chi connectivity index (χ3n) is 7.49. The van der Waals surface area contributed by atoms with Gasteiger partial charge in [-0.3, -0.25) is 9.59 Å². The van der Waals surface area contributed by atoms with E-state index in [1.165, 1.54) is 0 Å². The van der Waals surface area contributed by atoms with Crippen molar-refractivity contribution < 1.29 is 14.3 Å². The Morgan fingerprint density at radius 3 is 2.21 bits per heavy atom. The molecule has 5 heteroatoms. The lowest BCUT2D eigenvalue weighted by Crippen LogP contribution is -2.53. The van der Waals surface area contributed by atoms with Gasteiger partial charge in [0, 0.05) is 19.0 Å². The van der Waals surface area contributed by atoms with Crippen molar-refractivity contribution in [2.45, 2.75) is 83.8 Å². The number of para-hydroxylation sites is 1. The summed E-state index contributed by atoms with van der Waals surface area (Å²) in [5.74, 6) is 0.395. The largest absolute Gasteiger partial charge is 0.483 e. The molecule has 1 saturated carbocycles. The Hall–Kier alpha value is -3.60. The highest BCUT2D eigenvalue weighted by Crippen LogP contribution is 2.31. The fourth-order valence-corrected chi connectivity index (χ4v) is 5.25. The molecule has 1 atom stereocenters.